The number of aliphatic hydroxyl groups is 2. The average molecular weight is 210 g/mol. The molecule has 15 heavy (non-hydrogen) atoms. The van der Waals surface area contributed by atoms with E-state index >= 15 is 0 Å². The molecule has 2 atom stereocenters. The van der Waals surface area contributed by atoms with Crippen LogP contribution in [0.5, 0.6) is 0 Å². The van der Waals surface area contributed by atoms with Gasteiger partial charge in [-0.15, -0.1) is 0 Å². The van der Waals surface area contributed by atoms with Gasteiger partial charge >= 0.3 is 0 Å². The Hall–Kier alpha value is -1.13. The number of rotatable bonds is 2. The third kappa shape index (κ3) is 2.67. The third-order valence-corrected chi connectivity index (χ3v) is 2.38. The number of pyridine rings is 1. The van der Waals surface area contributed by atoms with E-state index in [4.69, 9.17) is 5.73 Å². The Morgan fingerprint density at radius 2 is 1.93 bits per heavy atom. The lowest BCUT2D eigenvalue weighted by molar-refractivity contribution is -0.0456. The minimum atomic E-state index is -1.00. The van der Waals surface area contributed by atoms with Crippen molar-refractivity contribution < 1.29 is 10.2 Å². The van der Waals surface area contributed by atoms with Crippen molar-refractivity contribution >= 4 is 5.82 Å². The molecule has 0 amide bonds. The van der Waals surface area contributed by atoms with Crippen molar-refractivity contribution in [3.8, 4) is 0 Å². The first-order valence-electron chi connectivity index (χ1n) is 4.90. The summed E-state index contributed by atoms with van der Waals surface area (Å²) in [4.78, 5) is 3.87. The molecule has 1 heterocycles. The fourth-order valence-electron chi connectivity index (χ4n) is 1.32. The Morgan fingerprint density at radius 3 is 2.40 bits per heavy atom. The van der Waals surface area contributed by atoms with Crippen LogP contribution < -0.4 is 5.73 Å². The summed E-state index contributed by atoms with van der Waals surface area (Å²) in [7, 11) is 0. The van der Waals surface area contributed by atoms with Gasteiger partial charge < -0.3 is 15.9 Å². The van der Waals surface area contributed by atoms with Gasteiger partial charge in [-0.3, -0.25) is 0 Å². The standard InChI is InChI=1S/C11H18N2O2/c1-11(2,3)9(15)8(14)7-5-4-6-13-10(7)12/h4-6,8-9,14-15H,1-3H3,(H2,12,13). The number of aromatic nitrogens is 1. The molecule has 4 nitrogen and oxygen atoms in total. The summed E-state index contributed by atoms with van der Waals surface area (Å²) < 4.78 is 0. The van der Waals surface area contributed by atoms with Crippen molar-refractivity contribution in [2.24, 2.45) is 5.41 Å². The maximum atomic E-state index is 9.94. The molecule has 1 aromatic rings. The summed E-state index contributed by atoms with van der Waals surface area (Å²) in [5, 5.41) is 19.8. The van der Waals surface area contributed by atoms with Gasteiger partial charge in [0.05, 0.1) is 6.10 Å². The molecular weight excluding hydrogens is 192 g/mol. The highest BCUT2D eigenvalue weighted by Gasteiger charge is 2.31. The highest BCUT2D eigenvalue weighted by atomic mass is 16.3. The van der Waals surface area contributed by atoms with E-state index in [2.05, 4.69) is 4.98 Å². The number of nitrogen functional groups attached to an aromatic ring is 1. The van der Waals surface area contributed by atoms with Crippen LogP contribution in [0.25, 0.3) is 0 Å². The lowest BCUT2D eigenvalue weighted by atomic mass is 9.84. The molecule has 0 aliphatic carbocycles. The van der Waals surface area contributed by atoms with E-state index in [0.29, 0.717) is 5.56 Å². The largest absolute Gasteiger partial charge is 0.390 e. The number of nitrogens with zero attached hydrogens (tertiary/aromatic N) is 1. The van der Waals surface area contributed by atoms with Gasteiger partial charge in [-0.1, -0.05) is 26.8 Å². The number of aliphatic hydroxyl groups excluding tert-OH is 2. The predicted molar refractivity (Wildman–Crippen MR) is 59.1 cm³/mol. The van der Waals surface area contributed by atoms with Crippen LogP contribution in [0.15, 0.2) is 18.3 Å². The average Bonchev–Trinajstić information content (AvgIpc) is 2.15. The first-order chi connectivity index (χ1) is 6.84. The van der Waals surface area contributed by atoms with Crippen LogP contribution in [-0.2, 0) is 0 Å². The molecule has 0 aliphatic heterocycles. The maximum absolute atomic E-state index is 9.94. The fraction of sp³-hybridized carbons (Fsp3) is 0.545. The normalized spacial score (nSPS) is 16.1. The molecule has 0 saturated carbocycles. The van der Waals surface area contributed by atoms with Crippen LogP contribution >= 0.6 is 0 Å². The molecular formula is C11H18N2O2. The van der Waals surface area contributed by atoms with Gasteiger partial charge in [0.15, 0.2) is 0 Å². The molecule has 0 spiro atoms. The van der Waals surface area contributed by atoms with E-state index in [-0.39, 0.29) is 5.82 Å². The van der Waals surface area contributed by atoms with E-state index in [1.54, 1.807) is 18.3 Å². The molecule has 1 aromatic heterocycles. The van der Waals surface area contributed by atoms with E-state index in [1.165, 1.54) is 0 Å². The minimum Gasteiger partial charge on any atom is -0.390 e. The van der Waals surface area contributed by atoms with Crippen molar-refractivity contribution in [2.75, 3.05) is 5.73 Å². The monoisotopic (exact) mass is 210 g/mol. The summed E-state index contributed by atoms with van der Waals surface area (Å²) in [6.07, 6.45) is -0.322. The van der Waals surface area contributed by atoms with E-state index in [9.17, 15) is 10.2 Å². The van der Waals surface area contributed by atoms with Crippen molar-refractivity contribution in [1.82, 2.24) is 4.98 Å². The minimum absolute atomic E-state index is 0.258. The van der Waals surface area contributed by atoms with Crippen molar-refractivity contribution in [3.05, 3.63) is 23.9 Å². The van der Waals surface area contributed by atoms with Gasteiger partial charge in [-0.2, -0.15) is 0 Å². The lowest BCUT2D eigenvalue weighted by Gasteiger charge is -2.30. The molecule has 0 fully saturated rings. The van der Waals surface area contributed by atoms with Crippen LogP contribution in [0.3, 0.4) is 0 Å². The topological polar surface area (TPSA) is 79.4 Å². The zero-order valence-corrected chi connectivity index (χ0v) is 9.31. The second-order valence-corrected chi connectivity index (χ2v) is 4.73. The maximum Gasteiger partial charge on any atom is 0.129 e. The quantitative estimate of drug-likeness (QED) is 0.683. The number of hydrogen-bond donors (Lipinski definition) is 3. The van der Waals surface area contributed by atoms with Crippen LogP contribution in [0.1, 0.15) is 32.4 Å². The number of hydrogen-bond acceptors (Lipinski definition) is 4. The van der Waals surface area contributed by atoms with Gasteiger partial charge in [0.2, 0.25) is 0 Å². The molecule has 0 bridgehead atoms. The molecule has 0 saturated heterocycles. The van der Waals surface area contributed by atoms with Gasteiger partial charge in [-0.25, -0.2) is 4.98 Å². The number of nitrogens with two attached hydrogens (primary N) is 1. The highest BCUT2D eigenvalue weighted by Crippen LogP contribution is 2.31. The molecule has 0 aromatic carbocycles. The zero-order chi connectivity index (χ0) is 11.6. The highest BCUT2D eigenvalue weighted by molar-refractivity contribution is 5.40. The van der Waals surface area contributed by atoms with Crippen LogP contribution in [0.4, 0.5) is 5.82 Å². The molecule has 0 radical (unpaired) electrons. The van der Waals surface area contributed by atoms with Crippen molar-refractivity contribution in [1.29, 1.82) is 0 Å². The SMILES string of the molecule is CC(C)(C)C(O)C(O)c1cccnc1N. The molecule has 2 unspecified atom stereocenters. The molecule has 0 aliphatic rings. The molecule has 84 valence electrons. The fourth-order valence-corrected chi connectivity index (χ4v) is 1.32. The smallest absolute Gasteiger partial charge is 0.129 e. The van der Waals surface area contributed by atoms with Crippen LogP contribution in [0, 0.1) is 5.41 Å². The van der Waals surface area contributed by atoms with Crippen LogP contribution in [0.2, 0.25) is 0 Å². The summed E-state index contributed by atoms with van der Waals surface area (Å²) in [5.74, 6) is 0.258. The summed E-state index contributed by atoms with van der Waals surface area (Å²) in [6, 6.07) is 3.35. The number of anilines is 1. The Kier molecular flexibility index (Phi) is 3.31. The second kappa shape index (κ2) is 4.16. The van der Waals surface area contributed by atoms with Crippen LogP contribution in [-0.4, -0.2) is 21.3 Å². The third-order valence-electron chi connectivity index (χ3n) is 2.38. The lowest BCUT2D eigenvalue weighted by Crippen LogP contribution is -2.32. The first kappa shape index (κ1) is 11.9. The van der Waals surface area contributed by atoms with Gasteiger partial charge in [0.25, 0.3) is 0 Å². The zero-order valence-electron chi connectivity index (χ0n) is 9.31. The summed E-state index contributed by atoms with van der Waals surface area (Å²) in [5.41, 5.74) is 5.69. The molecule has 4 N–H and O–H groups in total. The summed E-state index contributed by atoms with van der Waals surface area (Å²) >= 11 is 0. The first-order valence-corrected chi connectivity index (χ1v) is 4.90. The van der Waals surface area contributed by atoms with Crippen molar-refractivity contribution in [3.63, 3.8) is 0 Å². The Bertz CT molecular complexity index is 334. The van der Waals surface area contributed by atoms with E-state index in [0.717, 1.165) is 0 Å². The van der Waals surface area contributed by atoms with E-state index in [1.807, 2.05) is 20.8 Å². The predicted octanol–water partition coefficient (Wildman–Crippen LogP) is 1.10. The second-order valence-electron chi connectivity index (χ2n) is 4.73. The van der Waals surface area contributed by atoms with Crippen molar-refractivity contribution in [2.45, 2.75) is 33.0 Å². The molecule has 1 rings (SSSR count). The van der Waals surface area contributed by atoms with Gasteiger partial charge in [0.1, 0.15) is 11.9 Å². The molecule has 4 heteroatoms. The van der Waals surface area contributed by atoms with E-state index < -0.39 is 17.6 Å². The Morgan fingerprint density at radius 1 is 1.33 bits per heavy atom. The Labute approximate surface area is 89.8 Å². The van der Waals surface area contributed by atoms with Gasteiger partial charge in [-0.05, 0) is 11.5 Å². The summed E-state index contributed by atoms with van der Waals surface area (Å²) in [6.45, 7) is 5.56. The van der Waals surface area contributed by atoms with Gasteiger partial charge in [0, 0.05) is 11.8 Å². The Balaban J connectivity index is 2.95.